The highest BCUT2D eigenvalue weighted by molar-refractivity contribution is 6.30. The Morgan fingerprint density at radius 3 is 2.61 bits per heavy atom. The monoisotopic (exact) mass is 454 g/mol. The van der Waals surface area contributed by atoms with Crippen LogP contribution in [0.4, 0.5) is 4.79 Å². The van der Waals surface area contributed by atoms with Gasteiger partial charge in [0.05, 0.1) is 5.38 Å². The Kier molecular flexibility index (Phi) is 5.16. The van der Waals surface area contributed by atoms with Crippen LogP contribution < -0.4 is 15.3 Å². The van der Waals surface area contributed by atoms with Crippen LogP contribution in [0, 0.1) is 0 Å². The number of aromatic amines is 1. The van der Waals surface area contributed by atoms with Gasteiger partial charge in [-0.3, -0.25) is 4.90 Å². The largest absolute Gasteiger partial charge is 0.508 e. The maximum atomic E-state index is 13.2. The van der Waals surface area contributed by atoms with Crippen molar-refractivity contribution in [3.05, 3.63) is 80.9 Å². The van der Waals surface area contributed by atoms with Gasteiger partial charge in [-0.1, -0.05) is 35.9 Å². The number of carbonyl (C=O) groups is 1. The first-order valence-electron chi connectivity index (χ1n) is 10.1. The minimum absolute atomic E-state index is 0.0348. The molecule has 5 nitrogen and oxygen atoms in total. The molecule has 2 heterocycles. The fraction of sp³-hybridized carbons (Fsp3) is 0.208. The number of nitrogens with one attached hydrogen (secondary N) is 1. The summed E-state index contributed by atoms with van der Waals surface area (Å²) in [7, 11) is 0. The summed E-state index contributed by atoms with van der Waals surface area (Å²) in [6.07, 6.45) is 5.21. The summed E-state index contributed by atoms with van der Waals surface area (Å²) in [5.41, 5.74) is 3.01. The third-order valence-corrected chi connectivity index (χ3v) is 6.31. The summed E-state index contributed by atoms with van der Waals surface area (Å²) in [4.78, 5) is 18.4. The van der Waals surface area contributed by atoms with Crippen molar-refractivity contribution in [2.24, 2.45) is 0 Å². The van der Waals surface area contributed by atoms with E-state index in [1.807, 2.05) is 12.1 Å². The smallest absolute Gasteiger partial charge is 0.416 e. The topological polar surface area (TPSA) is 65.6 Å². The van der Waals surface area contributed by atoms with E-state index in [4.69, 9.17) is 27.9 Å². The molecule has 3 aromatic rings. The molecule has 5 rings (SSSR count). The van der Waals surface area contributed by atoms with E-state index in [1.165, 1.54) is 5.56 Å². The summed E-state index contributed by atoms with van der Waals surface area (Å²) in [6, 6.07) is 13.2. The lowest BCUT2D eigenvalue weighted by Crippen LogP contribution is -2.43. The fourth-order valence-electron chi connectivity index (χ4n) is 4.31. The van der Waals surface area contributed by atoms with Gasteiger partial charge in [-0.15, -0.1) is 11.6 Å². The fourth-order valence-corrected chi connectivity index (χ4v) is 4.65. The number of nitrogens with zero attached hydrogens (tertiary/aromatic N) is 1. The van der Waals surface area contributed by atoms with E-state index in [1.54, 1.807) is 41.3 Å². The maximum Gasteiger partial charge on any atom is 0.416 e. The third-order valence-electron chi connectivity index (χ3n) is 5.75. The highest BCUT2D eigenvalue weighted by Gasteiger charge is 2.35. The van der Waals surface area contributed by atoms with E-state index in [0.29, 0.717) is 23.7 Å². The van der Waals surface area contributed by atoms with E-state index in [2.05, 4.69) is 17.1 Å². The van der Waals surface area contributed by atoms with Crippen LogP contribution >= 0.6 is 23.2 Å². The Balaban J connectivity index is 1.57. The van der Waals surface area contributed by atoms with Crippen LogP contribution in [-0.4, -0.2) is 33.0 Å². The standard InChI is InChI=1S/C24H20Cl2N2O3/c25-15-3-8-18(9-4-15)31-24(30)28-12-11-19-20-13-16(26)5-10-21(20)27-22(19)23(28)14-1-6-17(29)7-2-14/h1-4,6-10,13,16,23,27,29H,5,11-12H2/t16-,23-/m1/s1. The van der Waals surface area contributed by atoms with Gasteiger partial charge in [0.25, 0.3) is 0 Å². The van der Waals surface area contributed by atoms with Crippen LogP contribution in [0.1, 0.15) is 29.3 Å². The normalized spacial score (nSPS) is 19.6. The highest BCUT2D eigenvalue weighted by atomic mass is 35.5. The van der Waals surface area contributed by atoms with Gasteiger partial charge in [-0.05, 0) is 60.4 Å². The number of rotatable bonds is 2. The quantitative estimate of drug-likeness (QED) is 0.573. The average Bonchev–Trinajstić information content (AvgIpc) is 3.13. The molecule has 0 bridgehead atoms. The number of aromatic nitrogens is 1. The number of carbonyl (C=O) groups excluding carboxylic acids is 1. The number of hydrogen-bond acceptors (Lipinski definition) is 3. The lowest BCUT2D eigenvalue weighted by Gasteiger charge is -2.35. The Bertz CT molecular complexity index is 1250. The molecule has 0 unspecified atom stereocenters. The molecule has 1 aliphatic heterocycles. The number of phenols is 1. The molecule has 2 N–H and O–H groups in total. The second-order valence-corrected chi connectivity index (χ2v) is 8.72. The number of hydrogen-bond donors (Lipinski definition) is 2. The predicted molar refractivity (Wildman–Crippen MR) is 121 cm³/mol. The molecule has 1 aromatic heterocycles. The average molecular weight is 455 g/mol. The van der Waals surface area contributed by atoms with Crippen molar-refractivity contribution in [3.63, 3.8) is 0 Å². The van der Waals surface area contributed by atoms with Gasteiger partial charge in [0.15, 0.2) is 0 Å². The molecule has 0 saturated heterocycles. The Morgan fingerprint density at radius 2 is 1.87 bits per heavy atom. The first kappa shape index (κ1) is 20.0. The lowest BCUT2D eigenvalue weighted by molar-refractivity contribution is 0.135. The van der Waals surface area contributed by atoms with Gasteiger partial charge in [-0.25, -0.2) is 4.79 Å². The van der Waals surface area contributed by atoms with Crippen LogP contribution in [0.2, 0.25) is 5.02 Å². The Morgan fingerprint density at radius 1 is 1.13 bits per heavy atom. The van der Waals surface area contributed by atoms with Gasteiger partial charge >= 0.3 is 6.09 Å². The molecule has 2 aliphatic rings. The summed E-state index contributed by atoms with van der Waals surface area (Å²) in [5, 5.41) is 12.5. The van der Waals surface area contributed by atoms with Gasteiger partial charge < -0.3 is 14.8 Å². The highest BCUT2D eigenvalue weighted by Crippen LogP contribution is 2.34. The number of fused-ring (bicyclic) bond motifs is 3. The van der Waals surface area contributed by atoms with Gasteiger partial charge in [0, 0.05) is 27.8 Å². The van der Waals surface area contributed by atoms with Crippen LogP contribution in [0.15, 0.2) is 48.5 Å². The third kappa shape index (κ3) is 3.80. The predicted octanol–water partition coefficient (Wildman–Crippen LogP) is 4.09. The molecule has 0 spiro atoms. The van der Waals surface area contributed by atoms with E-state index >= 15 is 0 Å². The molecule has 1 amide bonds. The van der Waals surface area contributed by atoms with Gasteiger partial charge in [0.2, 0.25) is 0 Å². The maximum absolute atomic E-state index is 13.2. The zero-order chi connectivity index (χ0) is 21.5. The molecule has 0 saturated carbocycles. The SMILES string of the molecule is O=C(Oc1ccc(Cl)cc1)N1CCc2c([nH]c3c2=C[C@H](Cl)CC=3)[C@H]1c1ccc(O)cc1. The second-order valence-electron chi connectivity index (χ2n) is 7.73. The van der Waals surface area contributed by atoms with Gasteiger partial charge in [-0.2, -0.15) is 0 Å². The number of benzene rings is 2. The minimum Gasteiger partial charge on any atom is -0.508 e. The molecule has 31 heavy (non-hydrogen) atoms. The van der Waals surface area contributed by atoms with Crippen LogP contribution in [0.25, 0.3) is 12.2 Å². The summed E-state index contributed by atoms with van der Waals surface area (Å²) >= 11 is 12.3. The van der Waals surface area contributed by atoms with E-state index in [0.717, 1.165) is 28.2 Å². The number of halogens is 2. The first-order chi connectivity index (χ1) is 15.0. The van der Waals surface area contributed by atoms with E-state index in [9.17, 15) is 9.90 Å². The molecule has 0 fully saturated rings. The Hall–Kier alpha value is -2.89. The molecule has 2 atom stereocenters. The number of amides is 1. The zero-order valence-corrected chi connectivity index (χ0v) is 18.0. The van der Waals surface area contributed by atoms with Crippen molar-refractivity contribution in [3.8, 4) is 11.5 Å². The lowest BCUT2D eigenvalue weighted by atomic mass is 9.92. The van der Waals surface area contributed by atoms with Crippen molar-refractivity contribution < 1.29 is 14.6 Å². The number of phenolic OH excluding ortho intramolecular Hbond substituents is 1. The molecular formula is C24H20Cl2N2O3. The van der Waals surface area contributed by atoms with Crippen molar-refractivity contribution >= 4 is 41.4 Å². The van der Waals surface area contributed by atoms with Crippen LogP contribution in [0.3, 0.4) is 0 Å². The molecule has 7 heteroatoms. The number of H-pyrrole nitrogens is 1. The summed E-state index contributed by atoms with van der Waals surface area (Å²) in [5.74, 6) is 0.606. The second kappa shape index (κ2) is 7.98. The number of ether oxygens (including phenoxy) is 1. The molecule has 2 aromatic carbocycles. The molecule has 0 radical (unpaired) electrons. The molecule has 158 valence electrons. The summed E-state index contributed by atoms with van der Waals surface area (Å²) < 4.78 is 5.65. The van der Waals surface area contributed by atoms with Crippen LogP contribution in [0.5, 0.6) is 11.5 Å². The van der Waals surface area contributed by atoms with Crippen LogP contribution in [-0.2, 0) is 6.42 Å². The van der Waals surface area contributed by atoms with Crippen molar-refractivity contribution in [1.29, 1.82) is 0 Å². The van der Waals surface area contributed by atoms with Gasteiger partial charge in [0.1, 0.15) is 17.5 Å². The van der Waals surface area contributed by atoms with E-state index < -0.39 is 6.09 Å². The van der Waals surface area contributed by atoms with Crippen molar-refractivity contribution in [1.82, 2.24) is 9.88 Å². The van der Waals surface area contributed by atoms with Crippen molar-refractivity contribution in [2.75, 3.05) is 6.54 Å². The molecule has 1 aliphatic carbocycles. The van der Waals surface area contributed by atoms with E-state index in [-0.39, 0.29) is 17.2 Å². The first-order valence-corrected chi connectivity index (χ1v) is 10.9. The zero-order valence-electron chi connectivity index (χ0n) is 16.5. The Labute approximate surface area is 189 Å². The van der Waals surface area contributed by atoms with Crippen molar-refractivity contribution in [2.45, 2.75) is 24.3 Å². The minimum atomic E-state index is -0.443. The summed E-state index contributed by atoms with van der Waals surface area (Å²) in [6.45, 7) is 0.496. The number of aromatic hydroxyl groups is 1. The number of alkyl halides is 1. The molecular weight excluding hydrogens is 435 g/mol.